The van der Waals surface area contributed by atoms with Gasteiger partial charge in [0.15, 0.2) is 0 Å². The molecule has 2 rings (SSSR count). The van der Waals surface area contributed by atoms with Crippen LogP contribution in [-0.2, 0) is 0 Å². The van der Waals surface area contributed by atoms with Gasteiger partial charge in [-0.1, -0.05) is 6.92 Å². The van der Waals surface area contributed by atoms with Crippen molar-refractivity contribution in [2.75, 3.05) is 29.0 Å². The van der Waals surface area contributed by atoms with Gasteiger partial charge in [0.05, 0.1) is 0 Å². The molecule has 100 valence electrons. The van der Waals surface area contributed by atoms with Crippen molar-refractivity contribution in [1.29, 1.82) is 0 Å². The lowest BCUT2D eigenvalue weighted by atomic mass is 9.82. The molecule has 1 saturated carbocycles. The summed E-state index contributed by atoms with van der Waals surface area (Å²) in [6.45, 7) is 8.12. The van der Waals surface area contributed by atoms with Crippen LogP contribution >= 0.6 is 0 Å². The fourth-order valence-electron chi connectivity index (χ4n) is 2.30. The smallest absolute Gasteiger partial charge is 0.231 e. The zero-order valence-electron chi connectivity index (χ0n) is 11.3. The second kappa shape index (κ2) is 5.37. The van der Waals surface area contributed by atoms with Gasteiger partial charge in [-0.15, -0.1) is 0 Å². The first kappa shape index (κ1) is 12.9. The summed E-state index contributed by atoms with van der Waals surface area (Å²) in [5, 5.41) is 3.32. The van der Waals surface area contributed by atoms with Gasteiger partial charge in [-0.2, -0.15) is 15.0 Å². The number of nitrogens with two attached hydrogens (primary N) is 1. The van der Waals surface area contributed by atoms with E-state index in [1.54, 1.807) is 0 Å². The maximum atomic E-state index is 5.74. The number of nitrogens with zero attached hydrogens (tertiary/aromatic N) is 4. The number of hydrogen-bond acceptors (Lipinski definition) is 6. The highest BCUT2D eigenvalue weighted by molar-refractivity contribution is 5.42. The lowest BCUT2D eigenvalue weighted by Gasteiger charge is -2.33. The standard InChI is InChI=1S/C12H22N6/c1-4-18(5-2)12-16-10(13)15-11(17-12)14-9-6-8(3)7-9/h8-9H,4-7H2,1-3H3,(H3,13,14,15,16,17). The molecule has 1 heterocycles. The molecule has 1 fully saturated rings. The van der Waals surface area contributed by atoms with Crippen LogP contribution in [0.5, 0.6) is 0 Å². The predicted molar refractivity (Wildman–Crippen MR) is 73.6 cm³/mol. The van der Waals surface area contributed by atoms with Crippen molar-refractivity contribution in [2.24, 2.45) is 5.92 Å². The normalized spacial score (nSPS) is 22.4. The van der Waals surface area contributed by atoms with Crippen molar-refractivity contribution in [1.82, 2.24) is 15.0 Å². The van der Waals surface area contributed by atoms with Gasteiger partial charge in [0.1, 0.15) is 0 Å². The summed E-state index contributed by atoms with van der Waals surface area (Å²) in [7, 11) is 0. The van der Waals surface area contributed by atoms with E-state index in [0.717, 1.165) is 19.0 Å². The van der Waals surface area contributed by atoms with Crippen LogP contribution in [0.2, 0.25) is 0 Å². The Labute approximate surface area is 108 Å². The molecule has 6 nitrogen and oxygen atoms in total. The van der Waals surface area contributed by atoms with E-state index in [4.69, 9.17) is 5.73 Å². The Bertz CT molecular complexity index is 398. The summed E-state index contributed by atoms with van der Waals surface area (Å²) in [5.41, 5.74) is 5.74. The summed E-state index contributed by atoms with van der Waals surface area (Å²) in [6.07, 6.45) is 2.35. The SMILES string of the molecule is CCN(CC)c1nc(N)nc(NC2CC(C)C2)n1. The molecule has 0 saturated heterocycles. The molecule has 1 aromatic heterocycles. The predicted octanol–water partition coefficient (Wildman–Crippen LogP) is 1.51. The molecule has 0 atom stereocenters. The summed E-state index contributed by atoms with van der Waals surface area (Å²) in [5.74, 6) is 2.33. The van der Waals surface area contributed by atoms with Crippen LogP contribution in [0, 0.1) is 5.92 Å². The second-order valence-corrected chi connectivity index (χ2v) is 4.91. The zero-order chi connectivity index (χ0) is 13.1. The lowest BCUT2D eigenvalue weighted by Crippen LogP contribution is -2.35. The first-order valence-electron chi connectivity index (χ1n) is 6.65. The number of hydrogen-bond donors (Lipinski definition) is 2. The van der Waals surface area contributed by atoms with Gasteiger partial charge in [-0.05, 0) is 32.6 Å². The van der Waals surface area contributed by atoms with Crippen molar-refractivity contribution in [3.05, 3.63) is 0 Å². The molecule has 0 bridgehead atoms. The molecular weight excluding hydrogens is 228 g/mol. The van der Waals surface area contributed by atoms with Crippen LogP contribution in [0.15, 0.2) is 0 Å². The van der Waals surface area contributed by atoms with Gasteiger partial charge in [0.2, 0.25) is 17.8 Å². The number of nitrogen functional groups attached to an aromatic ring is 1. The molecule has 0 radical (unpaired) electrons. The summed E-state index contributed by atoms with van der Waals surface area (Å²) >= 11 is 0. The maximum Gasteiger partial charge on any atom is 0.231 e. The van der Waals surface area contributed by atoms with Crippen LogP contribution < -0.4 is 16.0 Å². The van der Waals surface area contributed by atoms with Gasteiger partial charge < -0.3 is 16.0 Å². The third-order valence-electron chi connectivity index (χ3n) is 3.39. The molecule has 6 heteroatoms. The second-order valence-electron chi connectivity index (χ2n) is 4.91. The van der Waals surface area contributed by atoms with E-state index in [0.29, 0.717) is 17.9 Å². The molecular formula is C12H22N6. The minimum atomic E-state index is 0.279. The third kappa shape index (κ3) is 2.80. The Morgan fingerprint density at radius 3 is 2.44 bits per heavy atom. The van der Waals surface area contributed by atoms with Gasteiger partial charge in [0, 0.05) is 19.1 Å². The lowest BCUT2D eigenvalue weighted by molar-refractivity contribution is 0.308. The van der Waals surface area contributed by atoms with E-state index in [9.17, 15) is 0 Å². The third-order valence-corrected chi connectivity index (χ3v) is 3.39. The van der Waals surface area contributed by atoms with Crippen molar-refractivity contribution in [3.8, 4) is 0 Å². The minimum absolute atomic E-state index is 0.279. The number of nitrogens with one attached hydrogen (secondary N) is 1. The van der Waals surface area contributed by atoms with Crippen LogP contribution in [-0.4, -0.2) is 34.1 Å². The molecule has 0 unspecified atom stereocenters. The van der Waals surface area contributed by atoms with E-state index in [1.165, 1.54) is 12.8 Å². The molecule has 18 heavy (non-hydrogen) atoms. The quantitative estimate of drug-likeness (QED) is 0.824. The first-order valence-corrected chi connectivity index (χ1v) is 6.65. The van der Waals surface area contributed by atoms with Gasteiger partial charge in [-0.3, -0.25) is 0 Å². The van der Waals surface area contributed by atoms with E-state index in [-0.39, 0.29) is 5.95 Å². The van der Waals surface area contributed by atoms with Crippen molar-refractivity contribution in [2.45, 2.75) is 39.7 Å². The Morgan fingerprint density at radius 1 is 1.22 bits per heavy atom. The fourth-order valence-corrected chi connectivity index (χ4v) is 2.30. The van der Waals surface area contributed by atoms with Gasteiger partial charge >= 0.3 is 0 Å². The Hall–Kier alpha value is -1.59. The highest BCUT2D eigenvalue weighted by atomic mass is 15.3. The first-order chi connectivity index (χ1) is 8.62. The molecule has 0 spiro atoms. The summed E-state index contributed by atoms with van der Waals surface area (Å²) < 4.78 is 0. The molecule has 0 amide bonds. The fraction of sp³-hybridized carbons (Fsp3) is 0.750. The van der Waals surface area contributed by atoms with Crippen molar-refractivity contribution >= 4 is 17.8 Å². The molecule has 1 aromatic rings. The number of anilines is 3. The van der Waals surface area contributed by atoms with E-state index < -0.39 is 0 Å². The molecule has 1 aliphatic rings. The average Bonchev–Trinajstić information content (AvgIpc) is 2.28. The minimum Gasteiger partial charge on any atom is -0.368 e. The van der Waals surface area contributed by atoms with Crippen molar-refractivity contribution in [3.63, 3.8) is 0 Å². The van der Waals surface area contributed by atoms with E-state index in [1.807, 2.05) is 0 Å². The molecule has 1 aliphatic carbocycles. The Kier molecular flexibility index (Phi) is 3.84. The Balaban J connectivity index is 2.10. The van der Waals surface area contributed by atoms with Gasteiger partial charge in [0.25, 0.3) is 0 Å². The number of aromatic nitrogens is 3. The monoisotopic (exact) mass is 250 g/mol. The zero-order valence-corrected chi connectivity index (χ0v) is 11.3. The molecule has 0 aliphatic heterocycles. The van der Waals surface area contributed by atoms with Crippen molar-refractivity contribution < 1.29 is 0 Å². The highest BCUT2D eigenvalue weighted by Crippen LogP contribution is 2.28. The average molecular weight is 250 g/mol. The van der Waals surface area contributed by atoms with Gasteiger partial charge in [-0.25, -0.2) is 0 Å². The molecule has 0 aromatic carbocycles. The van der Waals surface area contributed by atoms with E-state index in [2.05, 4.69) is 45.9 Å². The maximum absolute atomic E-state index is 5.74. The molecule has 3 N–H and O–H groups in total. The summed E-state index contributed by atoms with van der Waals surface area (Å²) in [4.78, 5) is 14.8. The van der Waals surface area contributed by atoms with Crippen LogP contribution in [0.3, 0.4) is 0 Å². The highest BCUT2D eigenvalue weighted by Gasteiger charge is 2.26. The Morgan fingerprint density at radius 2 is 1.89 bits per heavy atom. The number of rotatable bonds is 5. The van der Waals surface area contributed by atoms with Crippen LogP contribution in [0.25, 0.3) is 0 Å². The summed E-state index contributed by atoms with van der Waals surface area (Å²) in [6, 6.07) is 0.478. The largest absolute Gasteiger partial charge is 0.368 e. The van der Waals surface area contributed by atoms with E-state index >= 15 is 0 Å². The topological polar surface area (TPSA) is 80.0 Å². The van der Waals surface area contributed by atoms with Crippen LogP contribution in [0.1, 0.15) is 33.6 Å². The van der Waals surface area contributed by atoms with Crippen LogP contribution in [0.4, 0.5) is 17.8 Å².